The van der Waals surface area contributed by atoms with Crippen molar-refractivity contribution < 1.29 is 4.74 Å². The molecule has 0 aromatic carbocycles. The second kappa shape index (κ2) is 5.10. The van der Waals surface area contributed by atoms with E-state index in [2.05, 4.69) is 15.5 Å². The zero-order valence-corrected chi connectivity index (χ0v) is 8.04. The summed E-state index contributed by atoms with van der Waals surface area (Å²) >= 11 is 1.64. The standard InChI is InChI=1S/C6H12N4OS/c1-10-6(7-8-9-10)12-5-3-4-11-2/h3-5H2,1-2H3. The van der Waals surface area contributed by atoms with Crippen LogP contribution in [-0.2, 0) is 11.8 Å². The van der Waals surface area contributed by atoms with Gasteiger partial charge in [0, 0.05) is 26.5 Å². The highest BCUT2D eigenvalue weighted by molar-refractivity contribution is 7.99. The van der Waals surface area contributed by atoms with Crippen LogP contribution in [0.2, 0.25) is 0 Å². The van der Waals surface area contributed by atoms with Crippen LogP contribution in [-0.4, -0.2) is 39.7 Å². The summed E-state index contributed by atoms with van der Waals surface area (Å²) in [5.74, 6) is 0.988. The van der Waals surface area contributed by atoms with Gasteiger partial charge in [-0.2, -0.15) is 0 Å². The number of methoxy groups -OCH3 is 1. The molecule has 5 nitrogen and oxygen atoms in total. The van der Waals surface area contributed by atoms with Crippen LogP contribution in [0.15, 0.2) is 5.16 Å². The number of thioether (sulfide) groups is 1. The molecule has 1 aromatic heterocycles. The van der Waals surface area contributed by atoms with Crippen LogP contribution in [0.25, 0.3) is 0 Å². The summed E-state index contributed by atoms with van der Waals surface area (Å²) in [5, 5.41) is 11.9. The van der Waals surface area contributed by atoms with Crippen molar-refractivity contribution in [2.45, 2.75) is 11.6 Å². The Kier molecular flexibility index (Phi) is 4.02. The van der Waals surface area contributed by atoms with Gasteiger partial charge in [0.05, 0.1) is 0 Å². The smallest absolute Gasteiger partial charge is 0.209 e. The quantitative estimate of drug-likeness (QED) is 0.492. The first-order valence-corrected chi connectivity index (χ1v) is 4.67. The monoisotopic (exact) mass is 188 g/mol. The van der Waals surface area contributed by atoms with Gasteiger partial charge in [0.25, 0.3) is 0 Å². The number of hydrogen-bond donors (Lipinski definition) is 0. The van der Waals surface area contributed by atoms with E-state index < -0.39 is 0 Å². The second-order valence-corrected chi connectivity index (χ2v) is 3.34. The van der Waals surface area contributed by atoms with Gasteiger partial charge in [0.2, 0.25) is 5.16 Å². The van der Waals surface area contributed by atoms with Crippen LogP contribution < -0.4 is 0 Å². The molecule has 6 heteroatoms. The van der Waals surface area contributed by atoms with Gasteiger partial charge in [-0.15, -0.1) is 5.10 Å². The summed E-state index contributed by atoms with van der Waals surface area (Å²) in [6.45, 7) is 0.790. The third kappa shape index (κ3) is 2.78. The Bertz CT molecular complexity index is 227. The number of hydrogen-bond acceptors (Lipinski definition) is 5. The minimum absolute atomic E-state index is 0.790. The van der Waals surface area contributed by atoms with Gasteiger partial charge < -0.3 is 4.74 Å². The number of nitrogens with zero attached hydrogens (tertiary/aromatic N) is 4. The molecular weight excluding hydrogens is 176 g/mol. The fraction of sp³-hybridized carbons (Fsp3) is 0.833. The molecule has 0 radical (unpaired) electrons. The predicted octanol–water partition coefficient (Wildman–Crippen LogP) is 0.339. The number of aryl methyl sites for hydroxylation is 1. The van der Waals surface area contributed by atoms with Crippen molar-refractivity contribution >= 4 is 11.8 Å². The molecule has 1 rings (SSSR count). The van der Waals surface area contributed by atoms with E-state index in [0.29, 0.717) is 0 Å². The zero-order chi connectivity index (χ0) is 8.81. The molecule has 0 unspecified atom stereocenters. The van der Waals surface area contributed by atoms with Crippen LogP contribution in [0, 0.1) is 0 Å². The van der Waals surface area contributed by atoms with E-state index in [1.54, 1.807) is 23.6 Å². The molecule has 0 amide bonds. The molecule has 0 atom stereocenters. The largest absolute Gasteiger partial charge is 0.385 e. The number of tetrazole rings is 1. The Balaban J connectivity index is 2.20. The van der Waals surface area contributed by atoms with Crippen LogP contribution in [0.4, 0.5) is 0 Å². The Labute approximate surface area is 75.5 Å². The molecule has 0 saturated carbocycles. The first-order valence-electron chi connectivity index (χ1n) is 3.68. The number of rotatable bonds is 5. The highest BCUT2D eigenvalue weighted by Gasteiger charge is 2.00. The van der Waals surface area contributed by atoms with E-state index in [4.69, 9.17) is 4.74 Å². The molecule has 0 aliphatic heterocycles. The first kappa shape index (κ1) is 9.47. The van der Waals surface area contributed by atoms with Crippen LogP contribution in [0.3, 0.4) is 0 Å². The van der Waals surface area contributed by atoms with Gasteiger partial charge in [-0.1, -0.05) is 11.8 Å². The van der Waals surface area contributed by atoms with E-state index in [-0.39, 0.29) is 0 Å². The lowest BCUT2D eigenvalue weighted by Crippen LogP contribution is -1.95. The maximum atomic E-state index is 4.92. The van der Waals surface area contributed by atoms with Crippen molar-refractivity contribution in [2.24, 2.45) is 7.05 Å². The minimum Gasteiger partial charge on any atom is -0.385 e. The van der Waals surface area contributed by atoms with Crippen molar-refractivity contribution in [2.75, 3.05) is 19.5 Å². The summed E-state index contributed by atoms with van der Waals surface area (Å²) in [6, 6.07) is 0. The van der Waals surface area contributed by atoms with Crippen molar-refractivity contribution in [3.8, 4) is 0 Å². The fourth-order valence-electron chi connectivity index (χ4n) is 0.710. The second-order valence-electron chi connectivity index (χ2n) is 2.28. The molecule has 12 heavy (non-hydrogen) atoms. The lowest BCUT2D eigenvalue weighted by Gasteiger charge is -1.97. The third-order valence-corrected chi connectivity index (χ3v) is 2.40. The zero-order valence-electron chi connectivity index (χ0n) is 7.23. The average molecular weight is 188 g/mol. The molecular formula is C6H12N4OS. The maximum Gasteiger partial charge on any atom is 0.209 e. The van der Waals surface area contributed by atoms with Crippen molar-refractivity contribution in [3.05, 3.63) is 0 Å². The first-order chi connectivity index (χ1) is 5.84. The minimum atomic E-state index is 0.790. The van der Waals surface area contributed by atoms with Crippen molar-refractivity contribution in [3.63, 3.8) is 0 Å². The van der Waals surface area contributed by atoms with Gasteiger partial charge in [-0.05, 0) is 16.8 Å². The highest BCUT2D eigenvalue weighted by atomic mass is 32.2. The maximum absolute atomic E-state index is 4.92. The topological polar surface area (TPSA) is 52.8 Å². The van der Waals surface area contributed by atoms with E-state index in [9.17, 15) is 0 Å². The van der Waals surface area contributed by atoms with Crippen LogP contribution in [0.5, 0.6) is 0 Å². The molecule has 68 valence electrons. The molecule has 0 aliphatic rings. The molecule has 0 saturated heterocycles. The Morgan fingerprint density at radius 1 is 1.58 bits per heavy atom. The number of ether oxygens (including phenoxy) is 1. The molecule has 0 N–H and O–H groups in total. The fourth-order valence-corrected chi connectivity index (χ4v) is 1.47. The van der Waals surface area contributed by atoms with Gasteiger partial charge in [-0.25, -0.2) is 4.68 Å². The Morgan fingerprint density at radius 2 is 2.42 bits per heavy atom. The Morgan fingerprint density at radius 3 is 3.00 bits per heavy atom. The summed E-state index contributed by atoms with van der Waals surface area (Å²) in [6.07, 6.45) is 1.02. The molecule has 1 aromatic rings. The summed E-state index contributed by atoms with van der Waals surface area (Å²) in [4.78, 5) is 0. The molecule has 1 heterocycles. The van der Waals surface area contributed by atoms with E-state index in [0.717, 1.165) is 23.9 Å². The Hall–Kier alpha value is -0.620. The molecule has 0 bridgehead atoms. The van der Waals surface area contributed by atoms with E-state index in [1.165, 1.54) is 0 Å². The lowest BCUT2D eigenvalue weighted by atomic mass is 10.5. The molecule has 0 aliphatic carbocycles. The van der Waals surface area contributed by atoms with Crippen LogP contribution in [0.1, 0.15) is 6.42 Å². The van der Waals surface area contributed by atoms with Crippen LogP contribution >= 0.6 is 11.8 Å². The number of aromatic nitrogens is 4. The summed E-state index contributed by atoms with van der Waals surface area (Å²) in [5.41, 5.74) is 0. The van der Waals surface area contributed by atoms with Gasteiger partial charge >= 0.3 is 0 Å². The molecule has 0 spiro atoms. The third-order valence-electron chi connectivity index (χ3n) is 1.31. The SMILES string of the molecule is COCCCSc1nnnn1C. The highest BCUT2D eigenvalue weighted by Crippen LogP contribution is 2.12. The molecule has 0 fully saturated rings. The average Bonchev–Trinajstić information content (AvgIpc) is 2.46. The van der Waals surface area contributed by atoms with E-state index in [1.807, 2.05) is 7.05 Å². The summed E-state index contributed by atoms with van der Waals surface area (Å²) < 4.78 is 6.58. The normalized spacial score (nSPS) is 10.5. The predicted molar refractivity (Wildman–Crippen MR) is 46.0 cm³/mol. The van der Waals surface area contributed by atoms with Gasteiger partial charge in [0.1, 0.15) is 0 Å². The van der Waals surface area contributed by atoms with Crippen molar-refractivity contribution in [1.82, 2.24) is 20.2 Å². The van der Waals surface area contributed by atoms with Gasteiger partial charge in [-0.3, -0.25) is 0 Å². The van der Waals surface area contributed by atoms with Gasteiger partial charge in [0.15, 0.2) is 0 Å². The lowest BCUT2D eigenvalue weighted by molar-refractivity contribution is 0.200. The van der Waals surface area contributed by atoms with E-state index >= 15 is 0 Å². The van der Waals surface area contributed by atoms with Crippen molar-refractivity contribution in [1.29, 1.82) is 0 Å². The summed E-state index contributed by atoms with van der Waals surface area (Å²) in [7, 11) is 3.53.